The summed E-state index contributed by atoms with van der Waals surface area (Å²) in [5.74, 6) is -0.766. The Morgan fingerprint density at radius 2 is 2.12 bits per heavy atom. The molecule has 3 rings (SSSR count). The number of rotatable bonds is 4. The van der Waals surface area contributed by atoms with Crippen LogP contribution in [-0.4, -0.2) is 46.4 Å². The Hall–Kier alpha value is -2.74. The Kier molecular flexibility index (Phi) is 4.80. The number of hydrogen-bond donors (Lipinski definition) is 1. The molecule has 130 valence electrons. The van der Waals surface area contributed by atoms with Crippen molar-refractivity contribution >= 4 is 29.2 Å². The van der Waals surface area contributed by atoms with Gasteiger partial charge in [-0.25, -0.2) is 19.2 Å². The molecule has 1 aromatic carbocycles. The minimum absolute atomic E-state index is 0.144. The van der Waals surface area contributed by atoms with Crippen LogP contribution in [0.25, 0.3) is 0 Å². The van der Waals surface area contributed by atoms with Crippen molar-refractivity contribution in [2.75, 3.05) is 18.5 Å². The first-order chi connectivity index (χ1) is 12.0. The van der Waals surface area contributed by atoms with Crippen molar-refractivity contribution in [1.29, 1.82) is 0 Å². The Morgan fingerprint density at radius 3 is 2.80 bits per heavy atom. The van der Waals surface area contributed by atoms with Gasteiger partial charge in [-0.1, -0.05) is 17.7 Å². The molecule has 9 heteroatoms. The van der Waals surface area contributed by atoms with Crippen molar-refractivity contribution in [2.24, 2.45) is 0 Å². The summed E-state index contributed by atoms with van der Waals surface area (Å²) in [5.41, 5.74) is 1.12. The molecule has 0 radical (unpaired) electrons. The smallest absolute Gasteiger partial charge is 0.325 e. The van der Waals surface area contributed by atoms with Gasteiger partial charge < -0.3 is 10.2 Å². The molecule has 1 atom stereocenters. The van der Waals surface area contributed by atoms with Gasteiger partial charge in [-0.3, -0.25) is 9.69 Å². The maximum absolute atomic E-state index is 13.1. The molecule has 0 unspecified atom stereocenters. The second kappa shape index (κ2) is 7.02. The number of benzene rings is 1. The maximum Gasteiger partial charge on any atom is 0.325 e. The average molecular weight is 364 g/mol. The van der Waals surface area contributed by atoms with E-state index < -0.39 is 11.9 Å². The van der Waals surface area contributed by atoms with Gasteiger partial charge >= 0.3 is 6.03 Å². The highest BCUT2D eigenvalue weighted by molar-refractivity contribution is 6.31. The number of carbonyl (C=O) groups is 2. The van der Waals surface area contributed by atoms with Crippen LogP contribution in [0.2, 0.25) is 5.02 Å². The number of amides is 3. The summed E-state index contributed by atoms with van der Waals surface area (Å²) in [6.07, 6.45) is 4.39. The van der Waals surface area contributed by atoms with E-state index in [-0.39, 0.29) is 30.1 Å². The van der Waals surface area contributed by atoms with Gasteiger partial charge in [-0.2, -0.15) is 0 Å². The fourth-order valence-corrected chi connectivity index (χ4v) is 2.80. The van der Waals surface area contributed by atoms with Crippen molar-refractivity contribution in [1.82, 2.24) is 20.2 Å². The van der Waals surface area contributed by atoms with Crippen LogP contribution in [-0.2, 0) is 11.3 Å². The second-order valence-corrected chi connectivity index (χ2v) is 5.98. The van der Waals surface area contributed by atoms with Gasteiger partial charge in [0.2, 0.25) is 5.91 Å². The van der Waals surface area contributed by atoms with E-state index in [4.69, 9.17) is 11.6 Å². The molecule has 1 N–H and O–H groups in total. The molecule has 25 heavy (non-hydrogen) atoms. The van der Waals surface area contributed by atoms with Crippen LogP contribution in [0.4, 0.5) is 14.9 Å². The molecule has 0 bridgehead atoms. The lowest BCUT2D eigenvalue weighted by atomic mass is 10.2. The normalized spacial score (nSPS) is 17.1. The number of aromatic nitrogens is 2. The van der Waals surface area contributed by atoms with Crippen molar-refractivity contribution in [3.8, 4) is 0 Å². The topological polar surface area (TPSA) is 78.4 Å². The van der Waals surface area contributed by atoms with Crippen LogP contribution < -0.4 is 10.2 Å². The zero-order valence-corrected chi connectivity index (χ0v) is 14.1. The van der Waals surface area contributed by atoms with Gasteiger partial charge in [0.15, 0.2) is 0 Å². The Balaban J connectivity index is 1.67. The lowest BCUT2D eigenvalue weighted by Crippen LogP contribution is -2.43. The van der Waals surface area contributed by atoms with Crippen molar-refractivity contribution in [3.05, 3.63) is 53.3 Å². The molecular formula is C16H15ClFN5O2. The second-order valence-electron chi connectivity index (χ2n) is 5.57. The third kappa shape index (κ3) is 3.53. The third-order valence-corrected chi connectivity index (χ3v) is 4.34. The van der Waals surface area contributed by atoms with Crippen molar-refractivity contribution in [3.63, 3.8) is 0 Å². The van der Waals surface area contributed by atoms with E-state index in [0.717, 1.165) is 0 Å². The highest BCUT2D eigenvalue weighted by atomic mass is 35.5. The van der Waals surface area contributed by atoms with E-state index in [1.165, 1.54) is 46.7 Å². The fourth-order valence-electron chi connectivity index (χ4n) is 2.57. The molecule has 0 saturated carbocycles. The molecule has 1 aliphatic rings. The largest absolute Gasteiger partial charge is 0.350 e. The van der Waals surface area contributed by atoms with Gasteiger partial charge in [-0.05, 0) is 17.7 Å². The van der Waals surface area contributed by atoms with E-state index in [0.29, 0.717) is 11.3 Å². The minimum Gasteiger partial charge on any atom is -0.350 e. The number of nitrogens with one attached hydrogen (secondary N) is 1. The summed E-state index contributed by atoms with van der Waals surface area (Å²) < 4.78 is 13.1. The van der Waals surface area contributed by atoms with E-state index >= 15 is 0 Å². The van der Waals surface area contributed by atoms with Crippen LogP contribution >= 0.6 is 11.6 Å². The van der Waals surface area contributed by atoms with Gasteiger partial charge in [0.05, 0.1) is 24.6 Å². The molecular weight excluding hydrogens is 349 g/mol. The zero-order chi connectivity index (χ0) is 18.0. The summed E-state index contributed by atoms with van der Waals surface area (Å²) in [4.78, 5) is 35.3. The number of nitrogens with zero attached hydrogens (tertiary/aromatic N) is 4. The highest BCUT2D eigenvalue weighted by Crippen LogP contribution is 2.22. The first-order valence-electron chi connectivity index (χ1n) is 7.48. The Labute approximate surface area is 148 Å². The zero-order valence-electron chi connectivity index (χ0n) is 13.3. The Morgan fingerprint density at radius 1 is 1.40 bits per heavy atom. The van der Waals surface area contributed by atoms with E-state index in [2.05, 4.69) is 15.3 Å². The molecule has 0 spiro atoms. The highest BCUT2D eigenvalue weighted by Gasteiger charge is 2.39. The van der Waals surface area contributed by atoms with Crippen LogP contribution in [0.3, 0.4) is 0 Å². The molecule has 1 aliphatic heterocycles. The minimum atomic E-state index is -0.660. The predicted octanol–water partition coefficient (Wildman–Crippen LogP) is 1.83. The molecule has 1 saturated heterocycles. The Bertz CT molecular complexity index is 804. The SMILES string of the molecule is CN1C(=O)N(c2cncnc2)C[C@H]1C(=O)NCc1ccc(F)cc1Cl. The van der Waals surface area contributed by atoms with Gasteiger partial charge in [0.1, 0.15) is 18.2 Å². The summed E-state index contributed by atoms with van der Waals surface area (Å²) in [7, 11) is 1.56. The van der Waals surface area contributed by atoms with Gasteiger partial charge in [0, 0.05) is 18.6 Å². The third-order valence-electron chi connectivity index (χ3n) is 3.99. The molecule has 1 fully saturated rings. The van der Waals surface area contributed by atoms with E-state index in [1.807, 2.05) is 0 Å². The monoisotopic (exact) mass is 363 g/mol. The molecule has 7 nitrogen and oxygen atoms in total. The lowest BCUT2D eigenvalue weighted by molar-refractivity contribution is -0.124. The van der Waals surface area contributed by atoms with Crippen LogP contribution in [0.5, 0.6) is 0 Å². The molecule has 2 aromatic rings. The summed E-state index contributed by atoms with van der Waals surface area (Å²) in [5, 5.41) is 2.96. The molecule has 1 aromatic heterocycles. The number of carbonyl (C=O) groups excluding carboxylic acids is 2. The summed E-state index contributed by atoms with van der Waals surface area (Å²) >= 11 is 5.95. The summed E-state index contributed by atoms with van der Waals surface area (Å²) in [6.45, 7) is 0.330. The predicted molar refractivity (Wildman–Crippen MR) is 89.6 cm³/mol. The van der Waals surface area contributed by atoms with Crippen LogP contribution in [0.15, 0.2) is 36.9 Å². The van der Waals surface area contributed by atoms with E-state index in [9.17, 15) is 14.0 Å². The van der Waals surface area contributed by atoms with Gasteiger partial charge in [0.25, 0.3) is 0 Å². The first-order valence-corrected chi connectivity index (χ1v) is 7.86. The van der Waals surface area contributed by atoms with Gasteiger partial charge in [-0.15, -0.1) is 0 Å². The maximum atomic E-state index is 13.1. The fraction of sp³-hybridized carbons (Fsp3) is 0.250. The lowest BCUT2D eigenvalue weighted by Gasteiger charge is -2.17. The number of halogens is 2. The summed E-state index contributed by atoms with van der Waals surface area (Å²) in [6, 6.07) is 3.00. The molecule has 2 heterocycles. The molecule has 3 amide bonds. The standard InChI is InChI=1S/C16H15ClFN5O2/c1-22-14(8-23(16(22)25)12-6-19-9-20-7-12)15(24)21-5-10-2-3-11(18)4-13(10)17/h2-4,6-7,9,14H,5,8H2,1H3,(H,21,24)/t14-/m0/s1. The average Bonchev–Trinajstić information content (AvgIpc) is 2.90. The number of anilines is 1. The van der Waals surface area contributed by atoms with Crippen molar-refractivity contribution < 1.29 is 14.0 Å². The first kappa shape index (κ1) is 17.1. The molecule has 0 aliphatic carbocycles. The van der Waals surface area contributed by atoms with Crippen LogP contribution in [0, 0.1) is 5.82 Å². The quantitative estimate of drug-likeness (QED) is 0.898. The van der Waals surface area contributed by atoms with Crippen molar-refractivity contribution in [2.45, 2.75) is 12.6 Å². The van der Waals surface area contributed by atoms with Crippen LogP contribution in [0.1, 0.15) is 5.56 Å². The van der Waals surface area contributed by atoms with E-state index in [1.54, 1.807) is 7.05 Å². The number of hydrogen-bond acceptors (Lipinski definition) is 4. The number of likely N-dealkylation sites (N-methyl/N-ethyl adjacent to an activating group) is 1. The number of urea groups is 1.